The van der Waals surface area contributed by atoms with E-state index in [1.807, 2.05) is 7.05 Å². The predicted octanol–water partition coefficient (Wildman–Crippen LogP) is 3.60. The molecule has 1 aromatic rings. The van der Waals surface area contributed by atoms with Crippen LogP contribution in [0, 0.1) is 5.92 Å². The van der Waals surface area contributed by atoms with Crippen molar-refractivity contribution in [2.75, 3.05) is 26.8 Å². The van der Waals surface area contributed by atoms with Crippen molar-refractivity contribution in [3.63, 3.8) is 0 Å². The van der Waals surface area contributed by atoms with Gasteiger partial charge in [0.15, 0.2) is 0 Å². The molecule has 19 heavy (non-hydrogen) atoms. The Kier molecular flexibility index (Phi) is 5.25. The van der Waals surface area contributed by atoms with Crippen molar-refractivity contribution in [1.29, 1.82) is 0 Å². The van der Waals surface area contributed by atoms with Crippen LogP contribution in [-0.4, -0.2) is 37.6 Å². The summed E-state index contributed by atoms with van der Waals surface area (Å²) in [6.45, 7) is 2.32. The first-order valence-corrected chi connectivity index (χ1v) is 7.53. The zero-order valence-corrected chi connectivity index (χ0v) is 13.2. The molecule has 0 bridgehead atoms. The van der Waals surface area contributed by atoms with Crippen molar-refractivity contribution < 1.29 is 9.53 Å². The zero-order valence-electron chi connectivity index (χ0n) is 10.9. The van der Waals surface area contributed by atoms with Gasteiger partial charge in [0, 0.05) is 29.7 Å². The van der Waals surface area contributed by atoms with E-state index in [2.05, 4.69) is 15.9 Å². The molecular formula is C14H17BrClNO2. The number of ether oxygens (including phenoxy) is 1. The summed E-state index contributed by atoms with van der Waals surface area (Å²) >= 11 is 9.27. The van der Waals surface area contributed by atoms with Crippen molar-refractivity contribution >= 4 is 33.4 Å². The Morgan fingerprint density at radius 2 is 2.37 bits per heavy atom. The van der Waals surface area contributed by atoms with E-state index in [1.54, 1.807) is 23.1 Å². The summed E-state index contributed by atoms with van der Waals surface area (Å²) in [6.07, 6.45) is 2.21. The van der Waals surface area contributed by atoms with Gasteiger partial charge in [-0.25, -0.2) is 0 Å². The molecule has 104 valence electrons. The second-order valence-electron chi connectivity index (χ2n) is 4.89. The number of halogens is 2. The maximum Gasteiger partial charge on any atom is 0.254 e. The highest BCUT2D eigenvalue weighted by molar-refractivity contribution is 9.10. The summed E-state index contributed by atoms with van der Waals surface area (Å²) < 4.78 is 6.18. The Morgan fingerprint density at radius 3 is 3.00 bits per heavy atom. The lowest BCUT2D eigenvalue weighted by molar-refractivity contribution is 0.0388. The first kappa shape index (κ1) is 14.8. The van der Waals surface area contributed by atoms with E-state index in [4.69, 9.17) is 16.3 Å². The largest absolute Gasteiger partial charge is 0.381 e. The molecule has 1 aromatic carbocycles. The fraction of sp³-hybridized carbons (Fsp3) is 0.500. The molecule has 1 heterocycles. The van der Waals surface area contributed by atoms with E-state index in [1.165, 1.54) is 0 Å². The van der Waals surface area contributed by atoms with Crippen LogP contribution in [0.5, 0.6) is 0 Å². The molecule has 0 aromatic heterocycles. The van der Waals surface area contributed by atoms with Gasteiger partial charge in [-0.15, -0.1) is 0 Å². The molecule has 1 aliphatic heterocycles. The van der Waals surface area contributed by atoms with Crippen LogP contribution in [0.2, 0.25) is 5.02 Å². The molecule has 5 heteroatoms. The number of carbonyl (C=O) groups excluding carboxylic acids is 1. The molecule has 0 saturated carbocycles. The third-order valence-corrected chi connectivity index (χ3v) is 4.19. The van der Waals surface area contributed by atoms with E-state index in [0.717, 1.165) is 37.1 Å². The van der Waals surface area contributed by atoms with Gasteiger partial charge in [-0.3, -0.25) is 4.79 Å². The van der Waals surface area contributed by atoms with Gasteiger partial charge in [0.1, 0.15) is 0 Å². The third kappa shape index (κ3) is 3.94. The van der Waals surface area contributed by atoms with Crippen LogP contribution in [0.1, 0.15) is 23.2 Å². The number of amides is 1. The van der Waals surface area contributed by atoms with E-state index < -0.39 is 0 Å². The minimum Gasteiger partial charge on any atom is -0.381 e. The van der Waals surface area contributed by atoms with Crippen molar-refractivity contribution in [3.05, 3.63) is 33.3 Å². The Hall–Kier alpha value is -0.580. The highest BCUT2D eigenvalue weighted by atomic mass is 79.9. The number of hydrogen-bond acceptors (Lipinski definition) is 2. The van der Waals surface area contributed by atoms with Gasteiger partial charge < -0.3 is 9.64 Å². The molecule has 1 amide bonds. The van der Waals surface area contributed by atoms with Crippen LogP contribution >= 0.6 is 27.5 Å². The molecule has 1 fully saturated rings. The summed E-state index contributed by atoms with van der Waals surface area (Å²) in [5.74, 6) is 0.447. The second kappa shape index (κ2) is 6.73. The standard InChI is InChI=1S/C14H17BrClNO2/c1-17(8-10-3-2-6-19-9-10)14(18)12-5-4-11(16)7-13(12)15/h4-5,7,10H,2-3,6,8-9H2,1H3. The Morgan fingerprint density at radius 1 is 1.58 bits per heavy atom. The van der Waals surface area contributed by atoms with E-state index in [0.29, 0.717) is 16.5 Å². The SMILES string of the molecule is CN(CC1CCCOC1)C(=O)c1ccc(Cl)cc1Br. The Bertz CT molecular complexity index is 461. The maximum absolute atomic E-state index is 12.4. The highest BCUT2D eigenvalue weighted by Gasteiger charge is 2.20. The van der Waals surface area contributed by atoms with Crippen LogP contribution in [0.15, 0.2) is 22.7 Å². The third-order valence-electron chi connectivity index (χ3n) is 3.29. The van der Waals surface area contributed by atoms with Gasteiger partial charge in [0.2, 0.25) is 0 Å². The van der Waals surface area contributed by atoms with E-state index in [-0.39, 0.29) is 5.91 Å². The van der Waals surface area contributed by atoms with Gasteiger partial charge in [0.25, 0.3) is 5.91 Å². The van der Waals surface area contributed by atoms with Gasteiger partial charge in [-0.2, -0.15) is 0 Å². The molecule has 2 rings (SSSR count). The summed E-state index contributed by atoms with van der Waals surface area (Å²) in [5.41, 5.74) is 0.642. The molecule has 1 aliphatic rings. The lowest BCUT2D eigenvalue weighted by Gasteiger charge is -2.27. The summed E-state index contributed by atoms with van der Waals surface area (Å²) in [6, 6.07) is 5.23. The van der Waals surface area contributed by atoms with Crippen LogP contribution in [0.3, 0.4) is 0 Å². The van der Waals surface area contributed by atoms with Gasteiger partial charge in [-0.1, -0.05) is 11.6 Å². The fourth-order valence-electron chi connectivity index (χ4n) is 2.29. The second-order valence-corrected chi connectivity index (χ2v) is 6.18. The van der Waals surface area contributed by atoms with Gasteiger partial charge in [0.05, 0.1) is 12.2 Å². The molecule has 1 unspecified atom stereocenters. The maximum atomic E-state index is 12.4. The van der Waals surface area contributed by atoms with E-state index >= 15 is 0 Å². The van der Waals surface area contributed by atoms with Crippen molar-refractivity contribution in [1.82, 2.24) is 4.90 Å². The average molecular weight is 347 g/mol. The quantitative estimate of drug-likeness (QED) is 0.837. The molecule has 1 saturated heterocycles. The molecular weight excluding hydrogens is 330 g/mol. The predicted molar refractivity (Wildman–Crippen MR) is 79.7 cm³/mol. The smallest absolute Gasteiger partial charge is 0.254 e. The first-order chi connectivity index (χ1) is 9.08. The van der Waals surface area contributed by atoms with E-state index in [9.17, 15) is 4.79 Å². The molecule has 0 N–H and O–H groups in total. The lowest BCUT2D eigenvalue weighted by atomic mass is 10.0. The van der Waals surface area contributed by atoms with Crippen LogP contribution in [0.4, 0.5) is 0 Å². The highest BCUT2D eigenvalue weighted by Crippen LogP contribution is 2.23. The monoisotopic (exact) mass is 345 g/mol. The summed E-state index contributed by atoms with van der Waals surface area (Å²) in [4.78, 5) is 14.1. The molecule has 1 atom stereocenters. The fourth-order valence-corrected chi connectivity index (χ4v) is 3.14. The number of nitrogens with zero attached hydrogens (tertiary/aromatic N) is 1. The van der Waals surface area contributed by atoms with Crippen molar-refractivity contribution in [3.8, 4) is 0 Å². The molecule has 0 spiro atoms. The average Bonchev–Trinajstić information content (AvgIpc) is 2.39. The van der Waals surface area contributed by atoms with Gasteiger partial charge in [-0.05, 0) is 52.9 Å². The molecule has 3 nitrogen and oxygen atoms in total. The minimum atomic E-state index is 0.00844. The summed E-state index contributed by atoms with van der Waals surface area (Å²) in [5, 5.41) is 0.617. The topological polar surface area (TPSA) is 29.5 Å². The summed E-state index contributed by atoms with van der Waals surface area (Å²) in [7, 11) is 1.83. The van der Waals surface area contributed by atoms with Crippen LogP contribution in [0.25, 0.3) is 0 Å². The van der Waals surface area contributed by atoms with Crippen molar-refractivity contribution in [2.45, 2.75) is 12.8 Å². The molecule has 0 radical (unpaired) electrons. The normalized spacial score (nSPS) is 19.2. The van der Waals surface area contributed by atoms with Gasteiger partial charge >= 0.3 is 0 Å². The molecule has 0 aliphatic carbocycles. The van der Waals surface area contributed by atoms with Crippen molar-refractivity contribution in [2.24, 2.45) is 5.92 Å². The Balaban J connectivity index is 2.01. The number of rotatable bonds is 3. The number of hydrogen-bond donors (Lipinski definition) is 0. The van der Waals surface area contributed by atoms with Crippen LogP contribution in [-0.2, 0) is 4.74 Å². The minimum absolute atomic E-state index is 0.00844. The Labute approximate surface area is 127 Å². The first-order valence-electron chi connectivity index (χ1n) is 6.36. The number of benzene rings is 1. The van der Waals surface area contributed by atoms with Crippen LogP contribution < -0.4 is 0 Å². The lowest BCUT2D eigenvalue weighted by Crippen LogP contribution is -2.35. The number of carbonyl (C=O) groups is 1. The zero-order chi connectivity index (χ0) is 13.8.